The molecule has 176 valence electrons. The molecule has 3 rings (SSSR count). The molecule has 0 amide bonds. The maximum Gasteiger partial charge on any atom is 0.343 e. The number of ketones is 1. The molecule has 0 saturated carbocycles. The third-order valence-corrected chi connectivity index (χ3v) is 4.77. The molecule has 0 heterocycles. The Hall–Kier alpha value is -4.34. The van der Waals surface area contributed by atoms with Crippen LogP contribution < -0.4 is 24.2 Å². The highest BCUT2D eigenvalue weighted by Gasteiger charge is 2.18. The third-order valence-electron chi connectivity index (χ3n) is 4.77. The molecular formula is C25H22NO8-. The van der Waals surface area contributed by atoms with Crippen LogP contribution >= 0.6 is 0 Å². The summed E-state index contributed by atoms with van der Waals surface area (Å²) in [5.41, 5.74) is 1.18. The summed E-state index contributed by atoms with van der Waals surface area (Å²) in [6, 6.07) is 15.1. The Morgan fingerprint density at radius 3 is 2.09 bits per heavy atom. The summed E-state index contributed by atoms with van der Waals surface area (Å²) in [5, 5.41) is 19.7. The molecule has 9 nitrogen and oxygen atoms in total. The van der Waals surface area contributed by atoms with Crippen molar-refractivity contribution in [1.82, 2.24) is 0 Å². The minimum absolute atomic E-state index is 0.0490. The van der Waals surface area contributed by atoms with Crippen molar-refractivity contribution in [1.29, 1.82) is 0 Å². The van der Waals surface area contributed by atoms with E-state index >= 15 is 0 Å². The molecule has 0 atom stereocenters. The number of carbonyl (C=O) groups is 2. The SMILES string of the molecule is COc1cc(C(=O)Oc2ccc(C(=O)C=Cc3cccc(N([O-])O)c3)cc2)cc(OC)c1OC. The number of carbonyl (C=O) groups excluding carboxylic acids is 2. The fourth-order valence-corrected chi connectivity index (χ4v) is 3.07. The molecule has 3 aromatic carbocycles. The topological polar surface area (TPSA) is 118 Å². The van der Waals surface area contributed by atoms with Crippen molar-refractivity contribution >= 4 is 23.5 Å². The zero-order valence-corrected chi connectivity index (χ0v) is 18.7. The fourth-order valence-electron chi connectivity index (χ4n) is 3.07. The number of methoxy groups -OCH3 is 3. The van der Waals surface area contributed by atoms with Gasteiger partial charge in [0.1, 0.15) is 5.75 Å². The van der Waals surface area contributed by atoms with Crippen molar-refractivity contribution in [3.8, 4) is 23.0 Å². The van der Waals surface area contributed by atoms with Crippen LogP contribution in [0.15, 0.2) is 66.7 Å². The monoisotopic (exact) mass is 464 g/mol. The number of benzene rings is 3. The molecule has 0 bridgehead atoms. The standard InChI is InChI=1S/C25H22NO8/c1-31-22-14-18(15-23(32-2)24(22)33-3)25(28)34-20-10-8-17(9-11-20)21(27)12-7-16-5-4-6-19(13-16)26(29)30/h4-15,29H,1-3H3/q-1. The van der Waals surface area contributed by atoms with Crippen LogP contribution in [-0.2, 0) is 0 Å². The third kappa shape index (κ3) is 5.71. The summed E-state index contributed by atoms with van der Waals surface area (Å²) < 4.78 is 21.1. The second kappa shape index (κ2) is 11.0. The number of anilines is 1. The van der Waals surface area contributed by atoms with E-state index in [0.29, 0.717) is 28.4 Å². The van der Waals surface area contributed by atoms with Gasteiger partial charge < -0.3 is 29.4 Å². The van der Waals surface area contributed by atoms with E-state index in [1.54, 1.807) is 12.1 Å². The summed E-state index contributed by atoms with van der Waals surface area (Å²) >= 11 is 0. The molecule has 0 saturated heterocycles. The molecule has 3 aromatic rings. The first-order chi connectivity index (χ1) is 16.4. The van der Waals surface area contributed by atoms with E-state index in [1.165, 1.54) is 82.0 Å². The van der Waals surface area contributed by atoms with Gasteiger partial charge in [0.05, 0.1) is 32.6 Å². The average molecular weight is 464 g/mol. The summed E-state index contributed by atoms with van der Waals surface area (Å²) in [4.78, 5) is 25.0. The minimum Gasteiger partial charge on any atom is -0.733 e. The maximum absolute atomic E-state index is 12.6. The van der Waals surface area contributed by atoms with E-state index in [2.05, 4.69) is 0 Å². The second-order valence-electron chi connectivity index (χ2n) is 6.89. The highest BCUT2D eigenvalue weighted by molar-refractivity contribution is 6.07. The number of esters is 1. The highest BCUT2D eigenvalue weighted by Crippen LogP contribution is 2.38. The molecule has 0 aliphatic carbocycles. The van der Waals surface area contributed by atoms with Gasteiger partial charge in [0.2, 0.25) is 5.75 Å². The van der Waals surface area contributed by atoms with Crippen LogP contribution in [-0.4, -0.2) is 38.3 Å². The zero-order chi connectivity index (χ0) is 24.7. The van der Waals surface area contributed by atoms with Gasteiger partial charge in [-0.1, -0.05) is 18.2 Å². The maximum atomic E-state index is 12.6. The Bertz CT molecular complexity index is 1180. The molecule has 0 unspecified atom stereocenters. The smallest absolute Gasteiger partial charge is 0.343 e. The van der Waals surface area contributed by atoms with E-state index < -0.39 is 5.97 Å². The molecule has 0 aromatic heterocycles. The molecule has 0 radical (unpaired) electrons. The van der Waals surface area contributed by atoms with Crippen LogP contribution in [0.1, 0.15) is 26.3 Å². The van der Waals surface area contributed by atoms with Gasteiger partial charge in [0.25, 0.3) is 0 Å². The molecule has 0 spiro atoms. The van der Waals surface area contributed by atoms with Gasteiger partial charge in [0, 0.05) is 5.56 Å². The summed E-state index contributed by atoms with van der Waals surface area (Å²) in [5.74, 6) is 0.282. The largest absolute Gasteiger partial charge is 0.733 e. The average Bonchev–Trinajstić information content (AvgIpc) is 2.86. The van der Waals surface area contributed by atoms with Gasteiger partial charge in [-0.05, 0) is 60.2 Å². The predicted molar refractivity (Wildman–Crippen MR) is 125 cm³/mol. The van der Waals surface area contributed by atoms with Gasteiger partial charge in [-0.15, -0.1) is 0 Å². The van der Waals surface area contributed by atoms with Crippen molar-refractivity contribution < 1.29 is 33.7 Å². The number of allylic oxidation sites excluding steroid dienone is 1. The van der Waals surface area contributed by atoms with Crippen molar-refractivity contribution in [2.45, 2.75) is 0 Å². The Kier molecular flexibility index (Phi) is 7.86. The molecule has 0 aliphatic heterocycles. The lowest BCUT2D eigenvalue weighted by Gasteiger charge is -2.21. The van der Waals surface area contributed by atoms with Gasteiger partial charge >= 0.3 is 5.97 Å². The predicted octanol–water partition coefficient (Wildman–Crippen LogP) is 4.52. The van der Waals surface area contributed by atoms with E-state index in [4.69, 9.17) is 24.2 Å². The van der Waals surface area contributed by atoms with Crippen LogP contribution in [0.2, 0.25) is 0 Å². The van der Waals surface area contributed by atoms with E-state index in [0.717, 1.165) is 0 Å². The van der Waals surface area contributed by atoms with Crippen LogP contribution in [0.5, 0.6) is 23.0 Å². The van der Waals surface area contributed by atoms with Gasteiger partial charge in [-0.2, -0.15) is 0 Å². The van der Waals surface area contributed by atoms with Crippen molar-refractivity contribution in [3.63, 3.8) is 0 Å². The van der Waals surface area contributed by atoms with Gasteiger partial charge in [0.15, 0.2) is 17.3 Å². The minimum atomic E-state index is -0.644. The highest BCUT2D eigenvalue weighted by atomic mass is 16.8. The summed E-state index contributed by atoms with van der Waals surface area (Å²) in [6.45, 7) is 0. The zero-order valence-electron chi connectivity index (χ0n) is 18.7. The normalized spacial score (nSPS) is 10.6. The number of hydrogen-bond acceptors (Lipinski definition) is 9. The van der Waals surface area contributed by atoms with E-state index in [1.807, 2.05) is 0 Å². The Labute approximate surface area is 195 Å². The van der Waals surface area contributed by atoms with Crippen molar-refractivity contribution in [2.75, 3.05) is 26.6 Å². The number of ether oxygens (including phenoxy) is 4. The number of nitrogens with zero attached hydrogens (tertiary/aromatic N) is 1. The van der Waals surface area contributed by atoms with Crippen LogP contribution in [0.25, 0.3) is 6.08 Å². The molecule has 0 fully saturated rings. The van der Waals surface area contributed by atoms with Crippen LogP contribution in [0.4, 0.5) is 5.69 Å². The van der Waals surface area contributed by atoms with E-state index in [9.17, 15) is 14.8 Å². The fraction of sp³-hybridized carbons (Fsp3) is 0.120. The lowest BCUT2D eigenvalue weighted by molar-refractivity contribution is 0.0733. The van der Waals surface area contributed by atoms with Crippen molar-refractivity contribution in [3.05, 3.63) is 88.6 Å². The Morgan fingerprint density at radius 1 is 0.882 bits per heavy atom. The molecular weight excluding hydrogens is 442 g/mol. The molecule has 0 aliphatic rings. The molecule has 9 heteroatoms. The van der Waals surface area contributed by atoms with E-state index in [-0.39, 0.29) is 28.0 Å². The Morgan fingerprint density at radius 2 is 1.53 bits per heavy atom. The number of hydrogen-bond donors (Lipinski definition) is 1. The lowest BCUT2D eigenvalue weighted by atomic mass is 10.1. The van der Waals surface area contributed by atoms with Crippen molar-refractivity contribution in [2.24, 2.45) is 0 Å². The Balaban J connectivity index is 1.70. The first-order valence-electron chi connectivity index (χ1n) is 9.97. The van der Waals surface area contributed by atoms with Gasteiger partial charge in [-0.25, -0.2) is 4.79 Å². The summed E-state index contributed by atoms with van der Waals surface area (Å²) in [7, 11) is 4.35. The first kappa shape index (κ1) is 24.3. The first-order valence-corrected chi connectivity index (χ1v) is 9.97. The second-order valence-corrected chi connectivity index (χ2v) is 6.89. The lowest BCUT2D eigenvalue weighted by Crippen LogP contribution is -2.10. The molecule has 1 N–H and O–H groups in total. The summed E-state index contributed by atoms with van der Waals surface area (Å²) in [6.07, 6.45) is 2.86. The number of rotatable bonds is 9. The molecule has 34 heavy (non-hydrogen) atoms. The van der Waals surface area contributed by atoms with Crippen LogP contribution in [0, 0.1) is 5.21 Å². The quantitative estimate of drug-likeness (QED) is 0.160. The van der Waals surface area contributed by atoms with Crippen LogP contribution in [0.3, 0.4) is 0 Å². The van der Waals surface area contributed by atoms with Gasteiger partial charge in [-0.3, -0.25) is 10.0 Å².